The Morgan fingerprint density at radius 1 is 1.59 bits per heavy atom. The van der Waals surface area contributed by atoms with Crippen molar-refractivity contribution in [3.05, 3.63) is 24.0 Å². The summed E-state index contributed by atoms with van der Waals surface area (Å²) in [6.45, 7) is 7.50. The van der Waals surface area contributed by atoms with Crippen LogP contribution in [0.25, 0.3) is 0 Å². The van der Waals surface area contributed by atoms with Crippen molar-refractivity contribution in [2.24, 2.45) is 0 Å². The van der Waals surface area contributed by atoms with Crippen LogP contribution >= 0.6 is 11.8 Å². The van der Waals surface area contributed by atoms with Crippen LogP contribution < -0.4 is 10.2 Å². The second-order valence-electron chi connectivity index (χ2n) is 4.40. The van der Waals surface area contributed by atoms with Gasteiger partial charge in [0, 0.05) is 54.3 Å². The lowest BCUT2D eigenvalue weighted by Crippen LogP contribution is -2.41. The molecule has 3 nitrogen and oxygen atoms in total. The molecular formula is C13H21N3S. The highest BCUT2D eigenvalue weighted by atomic mass is 32.2. The van der Waals surface area contributed by atoms with Gasteiger partial charge in [0.15, 0.2) is 0 Å². The molecule has 0 radical (unpaired) electrons. The van der Waals surface area contributed by atoms with Crippen LogP contribution in [0, 0.1) is 0 Å². The van der Waals surface area contributed by atoms with E-state index in [1.807, 2.05) is 12.4 Å². The maximum Gasteiger partial charge on any atom is 0.0445 e. The van der Waals surface area contributed by atoms with Crippen molar-refractivity contribution in [1.82, 2.24) is 10.3 Å². The zero-order valence-electron chi connectivity index (χ0n) is 10.6. The van der Waals surface area contributed by atoms with Gasteiger partial charge in [0.1, 0.15) is 0 Å². The fraction of sp³-hybridized carbons (Fsp3) is 0.615. The van der Waals surface area contributed by atoms with E-state index >= 15 is 0 Å². The molecule has 94 valence electrons. The smallest absolute Gasteiger partial charge is 0.0445 e. The van der Waals surface area contributed by atoms with E-state index in [1.165, 1.54) is 22.8 Å². The predicted molar refractivity (Wildman–Crippen MR) is 75.8 cm³/mol. The molecule has 0 saturated carbocycles. The molecule has 1 aromatic heterocycles. The van der Waals surface area contributed by atoms with E-state index in [1.54, 1.807) is 0 Å². The SMILES string of the molecule is CCNCc1cnccc1N1CCSCC1C. The molecular weight excluding hydrogens is 230 g/mol. The second kappa shape index (κ2) is 6.26. The zero-order chi connectivity index (χ0) is 12.1. The van der Waals surface area contributed by atoms with E-state index in [9.17, 15) is 0 Å². The number of thioether (sulfide) groups is 1. The van der Waals surface area contributed by atoms with Gasteiger partial charge in [-0.1, -0.05) is 6.92 Å². The normalized spacial score (nSPS) is 20.6. The summed E-state index contributed by atoms with van der Waals surface area (Å²) in [5.41, 5.74) is 2.67. The third kappa shape index (κ3) is 3.13. The largest absolute Gasteiger partial charge is 0.367 e. The number of nitrogens with one attached hydrogen (secondary N) is 1. The van der Waals surface area contributed by atoms with Gasteiger partial charge in [0.25, 0.3) is 0 Å². The molecule has 4 heteroatoms. The summed E-state index contributed by atoms with van der Waals surface area (Å²) in [5, 5.41) is 3.39. The maximum absolute atomic E-state index is 4.25. The van der Waals surface area contributed by atoms with Crippen molar-refractivity contribution in [2.45, 2.75) is 26.4 Å². The topological polar surface area (TPSA) is 28.2 Å². The van der Waals surface area contributed by atoms with E-state index in [2.05, 4.69) is 46.9 Å². The molecule has 1 aliphatic heterocycles. The summed E-state index contributed by atoms with van der Waals surface area (Å²) in [7, 11) is 0. The lowest BCUT2D eigenvalue weighted by Gasteiger charge is -2.36. The molecule has 0 amide bonds. The Bertz CT molecular complexity index is 356. The Morgan fingerprint density at radius 2 is 2.47 bits per heavy atom. The molecule has 1 aliphatic rings. The Kier molecular flexibility index (Phi) is 4.68. The molecule has 1 saturated heterocycles. The number of aromatic nitrogens is 1. The third-order valence-corrected chi connectivity index (χ3v) is 4.31. The lowest BCUT2D eigenvalue weighted by molar-refractivity contribution is 0.679. The van der Waals surface area contributed by atoms with Gasteiger partial charge in [0.2, 0.25) is 0 Å². The Morgan fingerprint density at radius 3 is 3.24 bits per heavy atom. The molecule has 1 fully saturated rings. The number of rotatable bonds is 4. The average molecular weight is 251 g/mol. The standard InChI is InChI=1S/C13H21N3S/c1-3-14-8-12-9-15-5-4-13(12)16-6-7-17-10-11(16)2/h4-5,9,11,14H,3,6-8,10H2,1-2H3. The van der Waals surface area contributed by atoms with Crippen molar-refractivity contribution in [3.63, 3.8) is 0 Å². The number of hydrogen-bond donors (Lipinski definition) is 1. The van der Waals surface area contributed by atoms with Crippen LogP contribution in [0.4, 0.5) is 5.69 Å². The summed E-state index contributed by atoms with van der Waals surface area (Å²) in [6.07, 6.45) is 3.89. The summed E-state index contributed by atoms with van der Waals surface area (Å²) < 4.78 is 0. The monoisotopic (exact) mass is 251 g/mol. The molecule has 1 atom stereocenters. The summed E-state index contributed by atoms with van der Waals surface area (Å²) in [6, 6.07) is 2.77. The molecule has 17 heavy (non-hydrogen) atoms. The molecule has 2 heterocycles. The zero-order valence-corrected chi connectivity index (χ0v) is 11.5. The van der Waals surface area contributed by atoms with Crippen molar-refractivity contribution >= 4 is 17.4 Å². The summed E-state index contributed by atoms with van der Waals surface area (Å²) in [4.78, 5) is 6.76. The van der Waals surface area contributed by atoms with Gasteiger partial charge in [-0.15, -0.1) is 0 Å². The molecule has 0 spiro atoms. The Labute approximate surface area is 108 Å². The lowest BCUT2D eigenvalue weighted by atomic mass is 10.1. The summed E-state index contributed by atoms with van der Waals surface area (Å²) >= 11 is 2.05. The van der Waals surface area contributed by atoms with Gasteiger partial charge >= 0.3 is 0 Å². The fourth-order valence-corrected chi connectivity index (χ4v) is 3.19. The van der Waals surface area contributed by atoms with Gasteiger partial charge in [-0.25, -0.2) is 0 Å². The van der Waals surface area contributed by atoms with Crippen LogP contribution in [0.1, 0.15) is 19.4 Å². The Hall–Kier alpha value is -0.740. The van der Waals surface area contributed by atoms with E-state index in [0.717, 1.165) is 19.6 Å². The van der Waals surface area contributed by atoms with E-state index < -0.39 is 0 Å². The minimum Gasteiger partial charge on any atom is -0.367 e. The molecule has 0 aliphatic carbocycles. The first-order valence-electron chi connectivity index (χ1n) is 6.31. The molecule has 1 aromatic rings. The van der Waals surface area contributed by atoms with Crippen LogP contribution in [-0.2, 0) is 6.54 Å². The van der Waals surface area contributed by atoms with Gasteiger partial charge in [-0.2, -0.15) is 11.8 Å². The van der Waals surface area contributed by atoms with Gasteiger partial charge < -0.3 is 10.2 Å². The second-order valence-corrected chi connectivity index (χ2v) is 5.55. The maximum atomic E-state index is 4.25. The number of pyridine rings is 1. The first-order chi connectivity index (χ1) is 8.33. The highest BCUT2D eigenvalue weighted by Gasteiger charge is 2.20. The van der Waals surface area contributed by atoms with Crippen molar-refractivity contribution in [3.8, 4) is 0 Å². The Balaban J connectivity index is 2.17. The van der Waals surface area contributed by atoms with Crippen molar-refractivity contribution in [2.75, 3.05) is 29.5 Å². The average Bonchev–Trinajstić information content (AvgIpc) is 2.37. The number of hydrogen-bond acceptors (Lipinski definition) is 4. The first-order valence-corrected chi connectivity index (χ1v) is 7.46. The minimum atomic E-state index is 0.622. The van der Waals surface area contributed by atoms with Crippen LogP contribution in [0.3, 0.4) is 0 Å². The fourth-order valence-electron chi connectivity index (χ4n) is 2.18. The minimum absolute atomic E-state index is 0.622. The van der Waals surface area contributed by atoms with Crippen LogP contribution in [0.5, 0.6) is 0 Å². The molecule has 0 bridgehead atoms. The highest BCUT2D eigenvalue weighted by Crippen LogP contribution is 2.26. The third-order valence-electron chi connectivity index (χ3n) is 3.12. The number of anilines is 1. The number of nitrogens with zero attached hydrogens (tertiary/aromatic N) is 2. The van der Waals surface area contributed by atoms with Gasteiger partial charge in [-0.3, -0.25) is 4.98 Å². The summed E-state index contributed by atoms with van der Waals surface area (Å²) in [5.74, 6) is 2.45. The molecule has 1 N–H and O–H groups in total. The van der Waals surface area contributed by atoms with Crippen LogP contribution in [0.2, 0.25) is 0 Å². The van der Waals surface area contributed by atoms with Crippen molar-refractivity contribution < 1.29 is 0 Å². The van der Waals surface area contributed by atoms with Crippen LogP contribution in [0.15, 0.2) is 18.5 Å². The quantitative estimate of drug-likeness (QED) is 0.887. The molecule has 0 aromatic carbocycles. The van der Waals surface area contributed by atoms with E-state index in [0.29, 0.717) is 6.04 Å². The van der Waals surface area contributed by atoms with Gasteiger partial charge in [-0.05, 0) is 19.5 Å². The molecule has 1 unspecified atom stereocenters. The van der Waals surface area contributed by atoms with Gasteiger partial charge in [0.05, 0.1) is 0 Å². The van der Waals surface area contributed by atoms with E-state index in [-0.39, 0.29) is 0 Å². The predicted octanol–water partition coefficient (Wildman–Crippen LogP) is 2.13. The highest BCUT2D eigenvalue weighted by molar-refractivity contribution is 7.99. The van der Waals surface area contributed by atoms with Crippen LogP contribution in [-0.4, -0.2) is 35.6 Å². The molecule has 2 rings (SSSR count). The van der Waals surface area contributed by atoms with Crippen molar-refractivity contribution in [1.29, 1.82) is 0 Å². The first kappa shape index (κ1) is 12.7. The van der Waals surface area contributed by atoms with E-state index in [4.69, 9.17) is 0 Å².